The fraction of sp³-hybridized carbons (Fsp3) is 0.188. The quantitative estimate of drug-likeness (QED) is 0.815. The van der Waals surface area contributed by atoms with E-state index in [1.54, 1.807) is 12.1 Å². The minimum atomic E-state index is -0.797. The lowest BCUT2D eigenvalue weighted by Crippen LogP contribution is -2.36. The Labute approximate surface area is 141 Å². The van der Waals surface area contributed by atoms with Gasteiger partial charge >= 0.3 is 5.97 Å². The van der Waals surface area contributed by atoms with Gasteiger partial charge in [0.25, 0.3) is 11.8 Å². The molecule has 126 valence electrons. The van der Waals surface area contributed by atoms with Gasteiger partial charge in [-0.3, -0.25) is 19.5 Å². The van der Waals surface area contributed by atoms with Gasteiger partial charge < -0.3 is 9.74 Å². The molecule has 0 radical (unpaired) electrons. The highest BCUT2D eigenvalue weighted by molar-refractivity contribution is 6.21. The Bertz CT molecular complexity index is 857. The molecule has 1 atom stereocenters. The van der Waals surface area contributed by atoms with Crippen molar-refractivity contribution in [3.63, 3.8) is 0 Å². The number of aromatic nitrogens is 2. The molecule has 2 aromatic rings. The van der Waals surface area contributed by atoms with E-state index in [-0.39, 0.29) is 30.0 Å². The Balaban J connectivity index is 1.48. The summed E-state index contributed by atoms with van der Waals surface area (Å²) in [6.07, 6.45) is 2.94. The van der Waals surface area contributed by atoms with Crippen molar-refractivity contribution in [2.24, 2.45) is 5.92 Å². The van der Waals surface area contributed by atoms with E-state index in [9.17, 15) is 19.2 Å². The molecular formula is C16H12N4O5. The summed E-state index contributed by atoms with van der Waals surface area (Å²) < 4.78 is 0. The third-order valence-electron chi connectivity index (χ3n) is 4.19. The summed E-state index contributed by atoms with van der Waals surface area (Å²) in [5.41, 5.74) is 0.909. The number of nitrogens with one attached hydrogen (secondary N) is 1. The van der Waals surface area contributed by atoms with Gasteiger partial charge in [-0.2, -0.15) is 5.10 Å². The first-order valence-electron chi connectivity index (χ1n) is 7.55. The normalized spacial score (nSPS) is 19.5. The average molecular weight is 340 g/mol. The van der Waals surface area contributed by atoms with Crippen molar-refractivity contribution in [1.82, 2.24) is 15.3 Å². The molecule has 4 rings (SSSR count). The zero-order valence-corrected chi connectivity index (χ0v) is 12.8. The molecule has 9 heteroatoms. The number of H-pyrrole nitrogens is 1. The number of hydrogen-bond donors (Lipinski definition) is 1. The predicted octanol–water partition coefficient (Wildman–Crippen LogP) is 0.517. The van der Waals surface area contributed by atoms with Crippen molar-refractivity contribution in [3.05, 3.63) is 47.8 Å². The molecule has 0 spiro atoms. The molecule has 9 nitrogen and oxygen atoms in total. The molecule has 2 aliphatic rings. The number of aromatic amines is 1. The number of hydroxylamine groups is 2. The van der Waals surface area contributed by atoms with Crippen LogP contribution in [0.5, 0.6) is 0 Å². The van der Waals surface area contributed by atoms with Crippen LogP contribution in [0.1, 0.15) is 27.1 Å². The Kier molecular flexibility index (Phi) is 3.34. The van der Waals surface area contributed by atoms with E-state index in [4.69, 9.17) is 4.84 Å². The fourth-order valence-corrected chi connectivity index (χ4v) is 2.92. The second kappa shape index (κ2) is 5.55. The lowest BCUT2D eigenvalue weighted by molar-refractivity contribution is -0.173. The summed E-state index contributed by atoms with van der Waals surface area (Å²) in [7, 11) is 0. The molecular weight excluding hydrogens is 328 g/mol. The van der Waals surface area contributed by atoms with Crippen LogP contribution in [0, 0.1) is 5.92 Å². The zero-order valence-electron chi connectivity index (χ0n) is 12.8. The number of nitrogens with zero attached hydrogens (tertiary/aromatic N) is 3. The van der Waals surface area contributed by atoms with Crippen molar-refractivity contribution in [2.75, 3.05) is 11.4 Å². The highest BCUT2D eigenvalue weighted by Gasteiger charge is 2.42. The summed E-state index contributed by atoms with van der Waals surface area (Å²) >= 11 is 0. The molecule has 1 saturated heterocycles. The van der Waals surface area contributed by atoms with Crippen LogP contribution in [0.4, 0.5) is 5.69 Å². The monoisotopic (exact) mass is 340 g/mol. The first-order chi connectivity index (χ1) is 12.1. The van der Waals surface area contributed by atoms with Gasteiger partial charge in [0.15, 0.2) is 0 Å². The fourth-order valence-electron chi connectivity index (χ4n) is 2.92. The topological polar surface area (TPSA) is 113 Å². The molecule has 1 aromatic carbocycles. The summed E-state index contributed by atoms with van der Waals surface area (Å²) in [5.74, 6) is -3.21. The third-order valence-corrected chi connectivity index (χ3v) is 4.19. The smallest absolute Gasteiger partial charge is 0.329 e. The molecule has 1 aromatic heterocycles. The van der Waals surface area contributed by atoms with Crippen molar-refractivity contribution < 1.29 is 24.0 Å². The first-order valence-corrected chi connectivity index (χ1v) is 7.55. The van der Waals surface area contributed by atoms with Crippen LogP contribution >= 0.6 is 0 Å². The zero-order chi connectivity index (χ0) is 17.6. The van der Waals surface area contributed by atoms with E-state index in [0.29, 0.717) is 10.8 Å². The Morgan fingerprint density at radius 2 is 1.84 bits per heavy atom. The van der Waals surface area contributed by atoms with Gasteiger partial charge in [-0.25, -0.2) is 4.79 Å². The van der Waals surface area contributed by atoms with Crippen LogP contribution in [-0.4, -0.2) is 45.5 Å². The van der Waals surface area contributed by atoms with Gasteiger partial charge in [0.05, 0.1) is 28.9 Å². The van der Waals surface area contributed by atoms with Crippen molar-refractivity contribution in [2.45, 2.75) is 6.42 Å². The van der Waals surface area contributed by atoms with Crippen molar-refractivity contribution >= 4 is 29.4 Å². The van der Waals surface area contributed by atoms with E-state index in [1.165, 1.54) is 29.4 Å². The number of imide groups is 1. The lowest BCUT2D eigenvalue weighted by atomic mass is 10.1. The maximum atomic E-state index is 12.3. The summed E-state index contributed by atoms with van der Waals surface area (Å²) in [6, 6.07) is 6.22. The van der Waals surface area contributed by atoms with Crippen LogP contribution in [-0.2, 0) is 14.4 Å². The molecule has 3 amide bonds. The van der Waals surface area contributed by atoms with E-state index >= 15 is 0 Å². The van der Waals surface area contributed by atoms with Crippen LogP contribution in [0.2, 0.25) is 0 Å². The number of anilines is 1. The van der Waals surface area contributed by atoms with Gasteiger partial charge in [-0.05, 0) is 12.1 Å². The second-order valence-corrected chi connectivity index (χ2v) is 5.72. The van der Waals surface area contributed by atoms with Crippen LogP contribution in [0.15, 0.2) is 36.7 Å². The molecule has 1 fully saturated rings. The highest BCUT2D eigenvalue weighted by Crippen LogP contribution is 2.27. The Morgan fingerprint density at radius 1 is 1.16 bits per heavy atom. The largest absolute Gasteiger partial charge is 0.338 e. The number of fused-ring (bicyclic) bond motifs is 1. The number of amides is 3. The first kappa shape index (κ1) is 15.1. The molecule has 0 bridgehead atoms. The third kappa shape index (κ3) is 2.36. The van der Waals surface area contributed by atoms with Crippen LogP contribution in [0.3, 0.4) is 0 Å². The average Bonchev–Trinajstić information content (AvgIpc) is 3.31. The highest BCUT2D eigenvalue weighted by atomic mass is 16.7. The molecule has 3 heterocycles. The van der Waals surface area contributed by atoms with Gasteiger partial charge in [0.1, 0.15) is 0 Å². The molecule has 2 aliphatic heterocycles. The summed E-state index contributed by atoms with van der Waals surface area (Å²) in [5, 5.41) is 6.81. The minimum absolute atomic E-state index is 0.0623. The van der Waals surface area contributed by atoms with Crippen molar-refractivity contribution in [1.29, 1.82) is 0 Å². The maximum absolute atomic E-state index is 12.3. The molecule has 25 heavy (non-hydrogen) atoms. The Morgan fingerprint density at radius 3 is 2.44 bits per heavy atom. The van der Waals surface area contributed by atoms with E-state index in [2.05, 4.69) is 10.2 Å². The summed E-state index contributed by atoms with van der Waals surface area (Å²) in [6.45, 7) is 0.0976. The van der Waals surface area contributed by atoms with Gasteiger partial charge in [-0.15, -0.1) is 0 Å². The Hall–Kier alpha value is -3.49. The number of carbonyl (C=O) groups is 4. The molecule has 0 saturated carbocycles. The number of rotatable bonds is 3. The van der Waals surface area contributed by atoms with E-state index < -0.39 is 23.7 Å². The van der Waals surface area contributed by atoms with E-state index in [1.807, 2.05) is 0 Å². The number of benzene rings is 1. The van der Waals surface area contributed by atoms with E-state index in [0.717, 1.165) is 0 Å². The summed E-state index contributed by atoms with van der Waals surface area (Å²) in [4.78, 5) is 55.2. The molecule has 1 unspecified atom stereocenters. The lowest BCUT2D eigenvalue weighted by Gasteiger charge is -2.16. The van der Waals surface area contributed by atoms with Gasteiger partial charge in [0.2, 0.25) is 5.91 Å². The SMILES string of the molecule is O=C(ON1C(=O)c2ccccc2C1=O)C1CC(=O)N(c2cn[nH]c2)C1. The predicted molar refractivity (Wildman–Crippen MR) is 82.1 cm³/mol. The van der Waals surface area contributed by atoms with Crippen LogP contribution < -0.4 is 4.90 Å². The van der Waals surface area contributed by atoms with Crippen molar-refractivity contribution in [3.8, 4) is 0 Å². The minimum Gasteiger partial charge on any atom is -0.329 e. The molecule has 1 N–H and O–H groups in total. The molecule has 0 aliphatic carbocycles. The standard InChI is InChI=1S/C16H12N4O5/c21-13-5-9(8-19(13)10-6-17-18-7-10)16(24)25-20-14(22)11-3-1-2-4-12(11)15(20)23/h1-4,6-7,9H,5,8H2,(H,17,18). The maximum Gasteiger partial charge on any atom is 0.338 e. The van der Waals surface area contributed by atoms with Crippen LogP contribution in [0.25, 0.3) is 0 Å². The van der Waals surface area contributed by atoms with Gasteiger partial charge in [0, 0.05) is 19.2 Å². The number of carbonyl (C=O) groups excluding carboxylic acids is 4. The van der Waals surface area contributed by atoms with Gasteiger partial charge in [-0.1, -0.05) is 17.2 Å². The second-order valence-electron chi connectivity index (χ2n) is 5.72. The number of hydrogen-bond acceptors (Lipinski definition) is 6.